The zero-order valence-corrected chi connectivity index (χ0v) is 21.2. The molecule has 180 valence electrons. The SMILES string of the molecule is CN[C@@H](C)C(=O)N[C@H]1CCS[C@H]2CC(C)(C)[C@@H](C(=O)N[C@@H]3CCc4cc(Cl)ccc43)N2C1=O. The summed E-state index contributed by atoms with van der Waals surface area (Å²) < 4.78 is 0. The van der Waals surface area contributed by atoms with Crippen molar-refractivity contribution in [2.24, 2.45) is 5.41 Å². The molecule has 2 heterocycles. The second kappa shape index (κ2) is 9.47. The fourth-order valence-corrected chi connectivity index (χ4v) is 7.04. The van der Waals surface area contributed by atoms with Gasteiger partial charge in [0.05, 0.1) is 17.5 Å². The minimum Gasteiger partial charge on any atom is -0.347 e. The lowest BCUT2D eigenvalue weighted by Crippen LogP contribution is -2.58. The molecule has 1 aliphatic carbocycles. The lowest BCUT2D eigenvalue weighted by atomic mass is 9.84. The molecule has 0 saturated carbocycles. The molecule has 1 aromatic carbocycles. The van der Waals surface area contributed by atoms with Crippen LogP contribution in [0.5, 0.6) is 0 Å². The highest BCUT2D eigenvalue weighted by atomic mass is 35.5. The van der Waals surface area contributed by atoms with Gasteiger partial charge < -0.3 is 20.9 Å². The lowest BCUT2D eigenvalue weighted by Gasteiger charge is -2.34. The van der Waals surface area contributed by atoms with E-state index in [4.69, 9.17) is 11.6 Å². The number of rotatable bonds is 5. The van der Waals surface area contributed by atoms with Crippen molar-refractivity contribution in [3.63, 3.8) is 0 Å². The van der Waals surface area contributed by atoms with Crippen LogP contribution in [0.2, 0.25) is 5.02 Å². The summed E-state index contributed by atoms with van der Waals surface area (Å²) in [6.07, 6.45) is 2.99. The largest absolute Gasteiger partial charge is 0.347 e. The average Bonchev–Trinajstić information content (AvgIpc) is 3.23. The monoisotopic (exact) mass is 492 g/mol. The number of amides is 3. The van der Waals surface area contributed by atoms with Gasteiger partial charge in [-0.25, -0.2) is 0 Å². The first-order chi connectivity index (χ1) is 15.6. The van der Waals surface area contributed by atoms with Gasteiger partial charge in [0.25, 0.3) is 0 Å². The standard InChI is InChI=1S/C24H33ClN4O3S/c1-13(26-4)21(30)28-18-9-10-33-19-12-24(2,3)20(29(19)23(18)32)22(31)27-17-8-5-14-11-15(25)6-7-16(14)17/h6-7,11,13,17-20,26H,5,8-10,12H2,1-4H3,(H,27,31)(H,28,30)/t13-,17+,18-,19-,20+/m0/s1. The molecule has 0 spiro atoms. The van der Waals surface area contributed by atoms with E-state index in [0.717, 1.165) is 30.6 Å². The average molecular weight is 493 g/mol. The van der Waals surface area contributed by atoms with Crippen molar-refractivity contribution in [3.8, 4) is 0 Å². The molecule has 3 aliphatic rings. The Morgan fingerprint density at radius 1 is 1.21 bits per heavy atom. The number of hydrogen-bond donors (Lipinski definition) is 3. The van der Waals surface area contributed by atoms with E-state index >= 15 is 0 Å². The van der Waals surface area contributed by atoms with Crippen molar-refractivity contribution in [1.82, 2.24) is 20.9 Å². The van der Waals surface area contributed by atoms with Gasteiger partial charge in [0.1, 0.15) is 12.1 Å². The second-order valence-corrected chi connectivity index (χ2v) is 11.7. The van der Waals surface area contributed by atoms with Gasteiger partial charge >= 0.3 is 0 Å². The van der Waals surface area contributed by atoms with Gasteiger partial charge in [-0.1, -0.05) is 31.5 Å². The molecular weight excluding hydrogens is 460 g/mol. The number of halogens is 1. The van der Waals surface area contributed by atoms with E-state index in [1.807, 2.05) is 18.2 Å². The maximum atomic E-state index is 13.7. The van der Waals surface area contributed by atoms with Crippen LogP contribution in [0.3, 0.4) is 0 Å². The Labute approximate surface area is 204 Å². The Morgan fingerprint density at radius 3 is 2.70 bits per heavy atom. The summed E-state index contributed by atoms with van der Waals surface area (Å²) >= 11 is 7.84. The summed E-state index contributed by atoms with van der Waals surface area (Å²) in [5.41, 5.74) is 1.89. The molecule has 2 aliphatic heterocycles. The molecule has 0 aromatic heterocycles. The molecule has 1 aromatic rings. The second-order valence-electron chi connectivity index (χ2n) is 9.97. The molecule has 2 fully saturated rings. The molecule has 7 nitrogen and oxygen atoms in total. The maximum absolute atomic E-state index is 13.7. The molecule has 0 bridgehead atoms. The minimum atomic E-state index is -0.621. The lowest BCUT2D eigenvalue weighted by molar-refractivity contribution is -0.144. The van der Waals surface area contributed by atoms with Crippen LogP contribution in [0.25, 0.3) is 0 Å². The smallest absolute Gasteiger partial charge is 0.246 e. The first-order valence-corrected chi connectivity index (χ1v) is 13.0. The Kier molecular flexibility index (Phi) is 6.99. The zero-order valence-electron chi connectivity index (χ0n) is 19.6. The quantitative estimate of drug-likeness (QED) is 0.588. The highest BCUT2D eigenvalue weighted by Crippen LogP contribution is 2.46. The number of thioether (sulfide) groups is 1. The van der Waals surface area contributed by atoms with Crippen LogP contribution in [-0.2, 0) is 20.8 Å². The summed E-state index contributed by atoms with van der Waals surface area (Å²) in [5.74, 6) is 0.262. The van der Waals surface area contributed by atoms with Gasteiger partial charge in [0, 0.05) is 5.02 Å². The van der Waals surface area contributed by atoms with Gasteiger partial charge in [-0.2, -0.15) is 0 Å². The Morgan fingerprint density at radius 2 is 1.97 bits per heavy atom. The van der Waals surface area contributed by atoms with E-state index in [1.54, 1.807) is 30.6 Å². The number of nitrogens with one attached hydrogen (secondary N) is 3. The summed E-state index contributed by atoms with van der Waals surface area (Å²) in [7, 11) is 1.71. The van der Waals surface area contributed by atoms with Crippen molar-refractivity contribution >= 4 is 41.1 Å². The van der Waals surface area contributed by atoms with Crippen LogP contribution in [0.15, 0.2) is 18.2 Å². The van der Waals surface area contributed by atoms with Crippen molar-refractivity contribution < 1.29 is 14.4 Å². The molecule has 0 unspecified atom stereocenters. The third kappa shape index (κ3) is 4.75. The first kappa shape index (κ1) is 24.4. The number of carbonyl (C=O) groups excluding carboxylic acids is 3. The summed E-state index contributed by atoms with van der Waals surface area (Å²) in [6, 6.07) is 4.12. The van der Waals surface area contributed by atoms with Crippen LogP contribution >= 0.6 is 23.4 Å². The zero-order chi connectivity index (χ0) is 23.9. The van der Waals surface area contributed by atoms with Crippen LogP contribution in [-0.4, -0.2) is 58.9 Å². The third-order valence-corrected chi connectivity index (χ3v) is 8.67. The predicted molar refractivity (Wildman–Crippen MR) is 131 cm³/mol. The number of fused-ring (bicyclic) bond motifs is 2. The summed E-state index contributed by atoms with van der Waals surface area (Å²) in [5, 5.41) is 9.67. The molecule has 3 N–H and O–H groups in total. The molecular formula is C24H33ClN4O3S. The Bertz CT molecular complexity index is 956. The van der Waals surface area contributed by atoms with Crippen molar-refractivity contribution in [1.29, 1.82) is 0 Å². The van der Waals surface area contributed by atoms with Gasteiger partial charge in [-0.3, -0.25) is 14.4 Å². The van der Waals surface area contributed by atoms with Crippen LogP contribution in [0.1, 0.15) is 57.2 Å². The normalized spacial score (nSPS) is 29.1. The topological polar surface area (TPSA) is 90.5 Å². The van der Waals surface area contributed by atoms with Crippen molar-refractivity contribution in [2.75, 3.05) is 12.8 Å². The fourth-order valence-electron chi connectivity index (χ4n) is 5.27. The maximum Gasteiger partial charge on any atom is 0.246 e. The van der Waals surface area contributed by atoms with Gasteiger partial charge in [-0.15, -0.1) is 11.8 Å². The fraction of sp³-hybridized carbons (Fsp3) is 0.625. The van der Waals surface area contributed by atoms with Crippen molar-refractivity contribution in [3.05, 3.63) is 34.3 Å². The summed E-state index contributed by atoms with van der Waals surface area (Å²) in [4.78, 5) is 41.5. The summed E-state index contributed by atoms with van der Waals surface area (Å²) in [6.45, 7) is 5.87. The molecule has 2 saturated heterocycles. The van der Waals surface area contributed by atoms with Crippen LogP contribution in [0.4, 0.5) is 0 Å². The van der Waals surface area contributed by atoms with Gasteiger partial charge in [0.2, 0.25) is 17.7 Å². The molecule has 33 heavy (non-hydrogen) atoms. The number of carbonyl (C=O) groups is 3. The van der Waals surface area contributed by atoms with Crippen LogP contribution < -0.4 is 16.0 Å². The molecule has 3 amide bonds. The highest BCUT2D eigenvalue weighted by molar-refractivity contribution is 7.99. The number of hydrogen-bond acceptors (Lipinski definition) is 5. The van der Waals surface area contributed by atoms with Gasteiger partial charge in [0.15, 0.2) is 0 Å². The van der Waals surface area contributed by atoms with Crippen LogP contribution in [0, 0.1) is 5.41 Å². The number of nitrogens with zero attached hydrogens (tertiary/aromatic N) is 1. The number of benzene rings is 1. The van der Waals surface area contributed by atoms with Crippen molar-refractivity contribution in [2.45, 2.75) is 76.0 Å². The van der Waals surface area contributed by atoms with Gasteiger partial charge in [-0.05, 0) is 74.1 Å². The molecule has 0 radical (unpaired) electrons. The van der Waals surface area contributed by atoms with E-state index < -0.39 is 18.1 Å². The van der Waals surface area contributed by atoms with E-state index in [9.17, 15) is 14.4 Å². The van der Waals surface area contributed by atoms with E-state index in [-0.39, 0.29) is 34.6 Å². The number of likely N-dealkylation sites (N-methyl/N-ethyl adjacent to an activating group) is 1. The Hall–Kier alpha value is -1.77. The Balaban J connectivity index is 1.55. The van der Waals surface area contributed by atoms with E-state index in [0.29, 0.717) is 11.4 Å². The third-order valence-electron chi connectivity index (χ3n) is 7.19. The highest BCUT2D eigenvalue weighted by Gasteiger charge is 2.54. The predicted octanol–water partition coefficient (Wildman–Crippen LogP) is 2.63. The molecule has 9 heteroatoms. The minimum absolute atomic E-state index is 0.0680. The molecule has 4 rings (SSSR count). The van der Waals surface area contributed by atoms with E-state index in [1.165, 1.54) is 5.56 Å². The number of aryl methyl sites for hydroxylation is 1. The molecule has 5 atom stereocenters. The first-order valence-electron chi connectivity index (χ1n) is 11.6. The van der Waals surface area contributed by atoms with E-state index in [2.05, 4.69) is 29.8 Å².